The van der Waals surface area contributed by atoms with Gasteiger partial charge in [-0.25, -0.2) is 0 Å². The number of hydrogen-bond acceptors (Lipinski definition) is 3. The van der Waals surface area contributed by atoms with Gasteiger partial charge in [-0.1, -0.05) is 30.3 Å². The van der Waals surface area contributed by atoms with E-state index in [4.69, 9.17) is 15.5 Å². The van der Waals surface area contributed by atoms with E-state index in [1.807, 2.05) is 30.3 Å². The van der Waals surface area contributed by atoms with Gasteiger partial charge in [0.05, 0.1) is 12.2 Å². The number of hydrogen-bond donors (Lipinski definition) is 4. The molecule has 0 fully saturated rings. The molecule has 0 saturated carbocycles. The molecule has 106 valence electrons. The molecule has 0 saturated heterocycles. The zero-order valence-corrected chi connectivity index (χ0v) is 11.4. The zero-order valence-electron chi connectivity index (χ0n) is 10.5. The van der Waals surface area contributed by atoms with Crippen molar-refractivity contribution < 1.29 is 19.1 Å². The highest BCUT2D eigenvalue weighted by Gasteiger charge is 2.15. The van der Waals surface area contributed by atoms with Gasteiger partial charge in [0.1, 0.15) is 0 Å². The van der Waals surface area contributed by atoms with Crippen LogP contribution in [0.3, 0.4) is 0 Å². The van der Waals surface area contributed by atoms with E-state index in [9.17, 15) is 9.36 Å². The average Bonchev–Trinajstić information content (AvgIpc) is 2.34. The van der Waals surface area contributed by atoms with E-state index in [0.717, 1.165) is 5.56 Å². The smallest absolute Gasteiger partial charge is 0.325 e. The Balaban J connectivity index is 2.28. The predicted octanol–water partition coefficient (Wildman–Crippen LogP) is 0.240. The van der Waals surface area contributed by atoms with Crippen molar-refractivity contribution >= 4 is 13.5 Å². The highest BCUT2D eigenvalue weighted by Crippen LogP contribution is 2.34. The van der Waals surface area contributed by atoms with Gasteiger partial charge in [-0.2, -0.15) is 0 Å². The molecule has 0 spiro atoms. The second kappa shape index (κ2) is 7.40. The molecule has 5 N–H and O–H groups in total. The van der Waals surface area contributed by atoms with Gasteiger partial charge in [-0.3, -0.25) is 9.36 Å². The molecule has 7 heteroatoms. The molecule has 0 radical (unpaired) electrons. The SMILES string of the molecule is N[C@@H](Cc1ccccc1)C(=O)NCCCP(=O)(O)O. The molecular weight excluding hydrogens is 267 g/mol. The van der Waals surface area contributed by atoms with E-state index >= 15 is 0 Å². The standard InChI is InChI=1S/C12H19N2O4P/c13-11(9-10-5-2-1-3-6-10)12(15)14-7-4-8-19(16,17)18/h1-3,5-6,11H,4,7-9,13H2,(H,14,15)(H2,16,17,18)/t11-/m0/s1. The molecule has 1 atom stereocenters. The third-order valence-corrected chi connectivity index (χ3v) is 3.46. The number of carbonyl (C=O) groups is 1. The van der Waals surface area contributed by atoms with Crippen LogP contribution in [0.25, 0.3) is 0 Å². The van der Waals surface area contributed by atoms with E-state index in [1.165, 1.54) is 0 Å². The van der Waals surface area contributed by atoms with Gasteiger partial charge >= 0.3 is 7.60 Å². The zero-order chi connectivity index (χ0) is 14.3. The van der Waals surface area contributed by atoms with Gasteiger partial charge < -0.3 is 20.8 Å². The summed E-state index contributed by atoms with van der Waals surface area (Å²) >= 11 is 0. The summed E-state index contributed by atoms with van der Waals surface area (Å²) in [5, 5.41) is 2.57. The van der Waals surface area contributed by atoms with Gasteiger partial charge in [-0.15, -0.1) is 0 Å². The second-order valence-corrected chi connectivity index (χ2v) is 6.11. The Morgan fingerprint density at radius 2 is 1.95 bits per heavy atom. The fourth-order valence-electron chi connectivity index (χ4n) is 1.59. The summed E-state index contributed by atoms with van der Waals surface area (Å²) in [6.07, 6.45) is 0.431. The van der Waals surface area contributed by atoms with Crippen LogP contribution in [0.15, 0.2) is 30.3 Å². The third-order valence-electron chi connectivity index (χ3n) is 2.56. The molecule has 0 unspecified atom stereocenters. The molecule has 0 aliphatic heterocycles. The minimum atomic E-state index is -3.99. The Morgan fingerprint density at radius 3 is 2.53 bits per heavy atom. The van der Waals surface area contributed by atoms with E-state index in [1.54, 1.807) is 0 Å². The number of benzene rings is 1. The largest absolute Gasteiger partial charge is 0.355 e. The first kappa shape index (κ1) is 15.9. The molecule has 0 heterocycles. The summed E-state index contributed by atoms with van der Waals surface area (Å²) in [5.74, 6) is -0.311. The lowest BCUT2D eigenvalue weighted by Crippen LogP contribution is -2.42. The van der Waals surface area contributed by atoms with E-state index in [-0.39, 0.29) is 25.0 Å². The van der Waals surface area contributed by atoms with E-state index in [2.05, 4.69) is 5.32 Å². The summed E-state index contributed by atoms with van der Waals surface area (Å²) in [5.41, 5.74) is 6.72. The lowest BCUT2D eigenvalue weighted by molar-refractivity contribution is -0.122. The first-order chi connectivity index (χ1) is 8.88. The van der Waals surface area contributed by atoms with Crippen molar-refractivity contribution in [2.45, 2.75) is 18.9 Å². The van der Waals surface area contributed by atoms with Crippen molar-refractivity contribution in [2.75, 3.05) is 12.7 Å². The van der Waals surface area contributed by atoms with Crippen molar-refractivity contribution in [3.8, 4) is 0 Å². The van der Waals surface area contributed by atoms with Gasteiger partial charge in [-0.05, 0) is 18.4 Å². The highest BCUT2D eigenvalue weighted by molar-refractivity contribution is 7.51. The van der Waals surface area contributed by atoms with Gasteiger partial charge in [0, 0.05) is 6.54 Å². The first-order valence-corrected chi connectivity index (χ1v) is 7.80. The van der Waals surface area contributed by atoms with Crippen LogP contribution in [0.2, 0.25) is 0 Å². The van der Waals surface area contributed by atoms with Crippen molar-refractivity contribution in [3.05, 3.63) is 35.9 Å². The number of rotatable bonds is 7. The van der Waals surface area contributed by atoms with E-state index < -0.39 is 13.6 Å². The van der Waals surface area contributed by atoms with Crippen molar-refractivity contribution in [1.29, 1.82) is 0 Å². The van der Waals surface area contributed by atoms with Crippen LogP contribution in [0.1, 0.15) is 12.0 Å². The summed E-state index contributed by atoms with van der Waals surface area (Å²) in [6, 6.07) is 8.76. The normalized spacial score (nSPS) is 13.0. The second-order valence-electron chi connectivity index (χ2n) is 4.33. The maximum absolute atomic E-state index is 11.6. The number of carbonyl (C=O) groups excluding carboxylic acids is 1. The van der Waals surface area contributed by atoms with Crippen LogP contribution < -0.4 is 11.1 Å². The summed E-state index contributed by atoms with van der Waals surface area (Å²) in [4.78, 5) is 29.0. The summed E-state index contributed by atoms with van der Waals surface area (Å²) in [7, 11) is -3.99. The minimum Gasteiger partial charge on any atom is -0.355 e. The molecule has 6 nitrogen and oxygen atoms in total. The van der Waals surface area contributed by atoms with E-state index in [0.29, 0.717) is 6.42 Å². The number of nitrogens with one attached hydrogen (secondary N) is 1. The van der Waals surface area contributed by atoms with Gasteiger partial charge in [0.25, 0.3) is 0 Å². The Kier molecular flexibility index (Phi) is 6.18. The fraction of sp³-hybridized carbons (Fsp3) is 0.417. The molecule has 0 aromatic heterocycles. The lowest BCUT2D eigenvalue weighted by atomic mass is 10.1. The quantitative estimate of drug-likeness (QED) is 0.423. The Bertz CT molecular complexity index is 446. The van der Waals surface area contributed by atoms with Crippen molar-refractivity contribution in [3.63, 3.8) is 0 Å². The Hall–Kier alpha value is -1.20. The predicted molar refractivity (Wildman–Crippen MR) is 72.7 cm³/mol. The number of nitrogens with two attached hydrogens (primary N) is 1. The molecule has 0 bridgehead atoms. The van der Waals surface area contributed by atoms with Gasteiger partial charge in [0.15, 0.2) is 0 Å². The Labute approximate surface area is 112 Å². The number of amides is 1. The monoisotopic (exact) mass is 286 g/mol. The average molecular weight is 286 g/mol. The van der Waals surface area contributed by atoms with Crippen LogP contribution in [-0.4, -0.2) is 34.4 Å². The third kappa shape index (κ3) is 7.08. The fourth-order valence-corrected chi connectivity index (χ4v) is 2.16. The first-order valence-electron chi connectivity index (χ1n) is 6.00. The topological polar surface area (TPSA) is 113 Å². The maximum Gasteiger partial charge on any atom is 0.325 e. The molecule has 1 aromatic rings. The molecule has 1 aromatic carbocycles. The van der Waals surface area contributed by atoms with Crippen LogP contribution >= 0.6 is 7.60 Å². The van der Waals surface area contributed by atoms with Gasteiger partial charge in [0.2, 0.25) is 5.91 Å². The van der Waals surface area contributed by atoms with Crippen LogP contribution in [0.5, 0.6) is 0 Å². The van der Waals surface area contributed by atoms with Crippen molar-refractivity contribution in [1.82, 2.24) is 5.32 Å². The summed E-state index contributed by atoms with van der Waals surface area (Å²) < 4.78 is 10.6. The molecular formula is C12H19N2O4P. The lowest BCUT2D eigenvalue weighted by Gasteiger charge is -2.12. The minimum absolute atomic E-state index is 0.215. The molecule has 1 rings (SSSR count). The van der Waals surface area contributed by atoms with Crippen LogP contribution in [0, 0.1) is 0 Å². The van der Waals surface area contributed by atoms with Crippen LogP contribution in [0.4, 0.5) is 0 Å². The molecule has 0 aliphatic rings. The van der Waals surface area contributed by atoms with Crippen molar-refractivity contribution in [2.24, 2.45) is 5.73 Å². The van der Waals surface area contributed by atoms with Crippen LogP contribution in [-0.2, 0) is 15.8 Å². The highest BCUT2D eigenvalue weighted by atomic mass is 31.2. The molecule has 19 heavy (non-hydrogen) atoms. The summed E-state index contributed by atoms with van der Waals surface area (Å²) in [6.45, 7) is 0.215. The molecule has 0 aliphatic carbocycles. The maximum atomic E-state index is 11.6. The Morgan fingerprint density at radius 1 is 1.32 bits per heavy atom. The molecule has 1 amide bonds.